The first-order valence-electron chi connectivity index (χ1n) is 9.18. The summed E-state index contributed by atoms with van der Waals surface area (Å²) in [6.45, 7) is 8.56. The van der Waals surface area contributed by atoms with Gasteiger partial charge in [0.2, 0.25) is 0 Å². The summed E-state index contributed by atoms with van der Waals surface area (Å²) in [6, 6.07) is 8.14. The van der Waals surface area contributed by atoms with Gasteiger partial charge in [-0.1, -0.05) is 6.07 Å². The van der Waals surface area contributed by atoms with E-state index >= 15 is 0 Å². The number of hydrogen-bond donors (Lipinski definition) is 1. The maximum absolute atomic E-state index is 6.25. The molecular formula is C22H25BrN2O2. The van der Waals surface area contributed by atoms with Crippen molar-refractivity contribution in [1.29, 1.82) is 0 Å². The number of hydrogen-bond acceptors (Lipinski definition) is 4. The van der Waals surface area contributed by atoms with Gasteiger partial charge in [0.15, 0.2) is 11.5 Å². The molecule has 0 unspecified atom stereocenters. The number of rotatable bonds is 2. The molecule has 2 aromatic rings. The molecule has 0 aromatic heterocycles. The van der Waals surface area contributed by atoms with E-state index in [1.165, 1.54) is 16.7 Å². The van der Waals surface area contributed by atoms with Crippen molar-refractivity contribution < 1.29 is 9.47 Å². The van der Waals surface area contributed by atoms with Gasteiger partial charge in [0.05, 0.1) is 18.4 Å². The molecule has 0 aliphatic carbocycles. The van der Waals surface area contributed by atoms with Gasteiger partial charge in [-0.15, -0.1) is 0 Å². The highest BCUT2D eigenvalue weighted by atomic mass is 79.9. The van der Waals surface area contributed by atoms with E-state index in [4.69, 9.17) is 20.2 Å². The summed E-state index contributed by atoms with van der Waals surface area (Å²) < 4.78 is 12.8. The van der Waals surface area contributed by atoms with Crippen molar-refractivity contribution in [3.8, 4) is 11.5 Å². The van der Waals surface area contributed by atoms with E-state index < -0.39 is 0 Å². The maximum Gasteiger partial charge on any atom is 0.166 e. The van der Waals surface area contributed by atoms with Gasteiger partial charge in [0.1, 0.15) is 5.60 Å². The van der Waals surface area contributed by atoms with Crippen molar-refractivity contribution in [1.82, 2.24) is 0 Å². The Morgan fingerprint density at radius 3 is 2.56 bits per heavy atom. The normalized spacial score (nSPS) is 19.0. The van der Waals surface area contributed by atoms with Gasteiger partial charge in [-0.2, -0.15) is 0 Å². The van der Waals surface area contributed by atoms with Crippen molar-refractivity contribution in [3.63, 3.8) is 0 Å². The lowest BCUT2D eigenvalue weighted by Crippen LogP contribution is -2.30. The fourth-order valence-corrected chi connectivity index (χ4v) is 4.48. The zero-order valence-electron chi connectivity index (χ0n) is 16.4. The lowest BCUT2D eigenvalue weighted by molar-refractivity contribution is 0.134. The summed E-state index contributed by atoms with van der Waals surface area (Å²) in [5.74, 6) is 1.66. The first-order valence-corrected chi connectivity index (χ1v) is 9.97. The second-order valence-electron chi connectivity index (χ2n) is 8.65. The number of aliphatic imine (C=N–C) groups is 1. The fraction of sp³-hybridized carbons (Fsp3) is 0.409. The molecule has 0 spiro atoms. The van der Waals surface area contributed by atoms with E-state index in [0.29, 0.717) is 0 Å². The maximum atomic E-state index is 6.25. The minimum Gasteiger partial charge on any atom is -0.493 e. The molecule has 5 heteroatoms. The molecule has 2 aromatic carbocycles. The number of nitrogens with zero attached hydrogens (tertiary/aromatic N) is 1. The molecule has 4 nitrogen and oxygen atoms in total. The highest BCUT2D eigenvalue weighted by Gasteiger charge is 2.39. The molecule has 0 radical (unpaired) electrons. The minimum atomic E-state index is -0.259. The Bertz CT molecular complexity index is 977. The number of halogens is 1. The zero-order valence-corrected chi connectivity index (χ0v) is 18.0. The summed E-state index contributed by atoms with van der Waals surface area (Å²) in [7, 11) is 1.71. The summed E-state index contributed by atoms with van der Waals surface area (Å²) in [6.07, 6.45) is 1.70. The number of ether oxygens (including phenoxy) is 2. The summed E-state index contributed by atoms with van der Waals surface area (Å²) in [5.41, 5.74) is 12.0. The minimum absolute atomic E-state index is 0.190. The molecule has 0 amide bonds. The van der Waals surface area contributed by atoms with Crippen molar-refractivity contribution in [2.75, 3.05) is 12.8 Å². The average molecular weight is 429 g/mol. The predicted octanol–water partition coefficient (Wildman–Crippen LogP) is 4.93. The number of nitrogen functional groups attached to an aromatic ring is 1. The molecule has 0 saturated carbocycles. The molecule has 27 heavy (non-hydrogen) atoms. The Labute approximate surface area is 168 Å². The summed E-state index contributed by atoms with van der Waals surface area (Å²) in [4.78, 5) is 5.14. The number of nitrogens with two attached hydrogens (primary N) is 1. The Morgan fingerprint density at radius 2 is 1.89 bits per heavy atom. The van der Waals surface area contributed by atoms with Gasteiger partial charge in [-0.25, -0.2) is 0 Å². The van der Waals surface area contributed by atoms with E-state index in [2.05, 4.69) is 55.8 Å². The predicted molar refractivity (Wildman–Crippen MR) is 113 cm³/mol. The number of fused-ring (bicyclic) bond motifs is 3. The fourth-order valence-electron chi connectivity index (χ4n) is 4.10. The van der Waals surface area contributed by atoms with Crippen LogP contribution in [0.15, 0.2) is 33.7 Å². The molecule has 2 aliphatic heterocycles. The smallest absolute Gasteiger partial charge is 0.166 e. The van der Waals surface area contributed by atoms with Gasteiger partial charge < -0.3 is 15.2 Å². The Kier molecular flexibility index (Phi) is 4.08. The van der Waals surface area contributed by atoms with Crippen LogP contribution in [0.25, 0.3) is 0 Å². The van der Waals surface area contributed by atoms with Crippen LogP contribution < -0.4 is 15.2 Å². The molecule has 2 N–H and O–H groups in total. The molecule has 2 aliphatic rings. The van der Waals surface area contributed by atoms with Crippen molar-refractivity contribution in [2.45, 2.75) is 51.7 Å². The van der Waals surface area contributed by atoms with Crippen LogP contribution in [0.4, 0.5) is 5.69 Å². The van der Waals surface area contributed by atoms with Crippen LogP contribution >= 0.6 is 15.9 Å². The molecule has 4 rings (SSSR count). The molecule has 0 atom stereocenters. The third-order valence-electron chi connectivity index (χ3n) is 5.18. The van der Waals surface area contributed by atoms with E-state index in [1.807, 2.05) is 12.1 Å². The molecule has 142 valence electrons. The number of benzene rings is 2. The SMILES string of the molecule is COc1cc2c(c3c1OC(C)(C)C3)C(c1ccc(N)c(Br)c1)=NC(C)(C)C2. The van der Waals surface area contributed by atoms with E-state index in [9.17, 15) is 0 Å². The Hall–Kier alpha value is -2.01. The van der Waals surface area contributed by atoms with Crippen LogP contribution in [0, 0.1) is 0 Å². The standard InChI is InChI=1S/C22H25BrN2O2/c1-21(2)10-13-9-17(26-5)20-14(11-22(3,4)27-20)18(13)19(25-21)12-6-7-16(24)15(23)8-12/h6-9H,10-11,24H2,1-5H3. The molecular weight excluding hydrogens is 404 g/mol. The van der Waals surface area contributed by atoms with Crippen LogP contribution in [0.2, 0.25) is 0 Å². The van der Waals surface area contributed by atoms with Gasteiger partial charge in [0.25, 0.3) is 0 Å². The second kappa shape index (κ2) is 5.99. The second-order valence-corrected chi connectivity index (χ2v) is 9.50. The van der Waals surface area contributed by atoms with Crippen molar-refractivity contribution in [3.05, 3.63) is 51.0 Å². The summed E-state index contributed by atoms with van der Waals surface area (Å²) in [5, 5.41) is 0. The lowest BCUT2D eigenvalue weighted by atomic mass is 9.81. The highest BCUT2D eigenvalue weighted by molar-refractivity contribution is 9.10. The van der Waals surface area contributed by atoms with Gasteiger partial charge >= 0.3 is 0 Å². The summed E-state index contributed by atoms with van der Waals surface area (Å²) >= 11 is 3.56. The Morgan fingerprint density at radius 1 is 1.15 bits per heavy atom. The van der Waals surface area contributed by atoms with Crippen LogP contribution in [-0.2, 0) is 12.8 Å². The van der Waals surface area contributed by atoms with E-state index in [-0.39, 0.29) is 11.1 Å². The van der Waals surface area contributed by atoms with Crippen LogP contribution in [0.5, 0.6) is 11.5 Å². The quantitative estimate of drug-likeness (QED) is 0.690. The van der Waals surface area contributed by atoms with Gasteiger partial charge in [-0.05, 0) is 73.8 Å². The van der Waals surface area contributed by atoms with Crippen LogP contribution in [0.3, 0.4) is 0 Å². The largest absolute Gasteiger partial charge is 0.493 e. The number of anilines is 1. The first-order chi connectivity index (χ1) is 12.6. The first kappa shape index (κ1) is 18.4. The van der Waals surface area contributed by atoms with Gasteiger partial charge in [-0.3, -0.25) is 4.99 Å². The zero-order chi connectivity index (χ0) is 19.6. The number of methoxy groups -OCH3 is 1. The molecule has 0 fully saturated rings. The molecule has 0 bridgehead atoms. The highest BCUT2D eigenvalue weighted by Crippen LogP contribution is 2.48. The lowest BCUT2D eigenvalue weighted by Gasteiger charge is -2.31. The topological polar surface area (TPSA) is 56.8 Å². The monoisotopic (exact) mass is 428 g/mol. The third kappa shape index (κ3) is 3.12. The third-order valence-corrected chi connectivity index (χ3v) is 5.86. The van der Waals surface area contributed by atoms with E-state index in [0.717, 1.165) is 45.8 Å². The van der Waals surface area contributed by atoms with Crippen LogP contribution in [0.1, 0.15) is 49.9 Å². The van der Waals surface area contributed by atoms with Crippen LogP contribution in [-0.4, -0.2) is 24.0 Å². The van der Waals surface area contributed by atoms with Crippen molar-refractivity contribution in [2.24, 2.45) is 4.99 Å². The van der Waals surface area contributed by atoms with Gasteiger partial charge in [0, 0.05) is 33.3 Å². The molecule has 2 heterocycles. The molecule has 0 saturated heterocycles. The van der Waals surface area contributed by atoms with Crippen molar-refractivity contribution >= 4 is 27.3 Å². The van der Waals surface area contributed by atoms with E-state index in [1.54, 1.807) is 7.11 Å². The average Bonchev–Trinajstić information content (AvgIpc) is 2.89. The Balaban J connectivity index is 1.99.